The zero-order chi connectivity index (χ0) is 19.8. The molecule has 4 rings (SSSR count). The minimum absolute atomic E-state index is 0.0164. The summed E-state index contributed by atoms with van der Waals surface area (Å²) < 4.78 is 2.34. The molecular formula is C22H25N3O2S. The van der Waals surface area contributed by atoms with Crippen molar-refractivity contribution < 1.29 is 9.59 Å². The van der Waals surface area contributed by atoms with Crippen molar-refractivity contribution in [2.75, 3.05) is 0 Å². The van der Waals surface area contributed by atoms with E-state index in [9.17, 15) is 9.59 Å². The van der Waals surface area contributed by atoms with Crippen molar-refractivity contribution in [3.8, 4) is 0 Å². The quantitative estimate of drug-likeness (QED) is 0.667. The second kappa shape index (κ2) is 7.51. The molecule has 1 unspecified atom stereocenters. The third-order valence-corrected chi connectivity index (χ3v) is 6.31. The molecule has 6 heteroatoms. The Morgan fingerprint density at radius 1 is 1.43 bits per heavy atom. The smallest absolute Gasteiger partial charge is 0.222 e. The van der Waals surface area contributed by atoms with Gasteiger partial charge in [0.05, 0.1) is 17.2 Å². The minimum Gasteiger partial charge on any atom is -0.353 e. The van der Waals surface area contributed by atoms with Crippen LogP contribution in [0.25, 0.3) is 10.9 Å². The predicted molar refractivity (Wildman–Crippen MR) is 112 cm³/mol. The molecule has 1 aliphatic carbocycles. The lowest BCUT2D eigenvalue weighted by atomic mass is 9.90. The number of rotatable bonds is 5. The monoisotopic (exact) mass is 395 g/mol. The summed E-state index contributed by atoms with van der Waals surface area (Å²) in [6, 6.07) is 6.04. The predicted octanol–water partition coefficient (Wildman–Crippen LogP) is 3.90. The second-order valence-electron chi connectivity index (χ2n) is 7.87. The molecule has 1 aromatic carbocycles. The number of amides is 1. The topological polar surface area (TPSA) is 64.0 Å². The summed E-state index contributed by atoms with van der Waals surface area (Å²) in [7, 11) is 0. The number of hydrogen-bond donors (Lipinski definition) is 1. The van der Waals surface area contributed by atoms with Crippen molar-refractivity contribution in [1.29, 1.82) is 0 Å². The van der Waals surface area contributed by atoms with E-state index in [1.165, 1.54) is 11.3 Å². The largest absolute Gasteiger partial charge is 0.353 e. The van der Waals surface area contributed by atoms with Gasteiger partial charge in [0.15, 0.2) is 0 Å². The zero-order valence-electron chi connectivity index (χ0n) is 16.5. The van der Waals surface area contributed by atoms with Crippen LogP contribution < -0.4 is 5.32 Å². The van der Waals surface area contributed by atoms with Crippen LogP contribution in [-0.4, -0.2) is 27.8 Å². The molecule has 1 amide bonds. The maximum absolute atomic E-state index is 12.2. The summed E-state index contributed by atoms with van der Waals surface area (Å²) >= 11 is 1.67. The van der Waals surface area contributed by atoms with Gasteiger partial charge in [0.1, 0.15) is 6.29 Å². The normalized spacial score (nSPS) is 16.4. The van der Waals surface area contributed by atoms with Crippen LogP contribution in [0.4, 0.5) is 0 Å². The average Bonchev–Trinajstić information content (AvgIpc) is 3.23. The third kappa shape index (κ3) is 3.49. The summed E-state index contributed by atoms with van der Waals surface area (Å²) in [5.74, 6) is 0.0843. The highest BCUT2D eigenvalue weighted by Crippen LogP contribution is 2.33. The number of fused-ring (bicyclic) bond motifs is 3. The molecule has 0 spiro atoms. The highest BCUT2D eigenvalue weighted by molar-refractivity contribution is 7.09. The van der Waals surface area contributed by atoms with E-state index < -0.39 is 0 Å². The molecule has 0 aliphatic heterocycles. The van der Waals surface area contributed by atoms with E-state index in [1.807, 2.05) is 39.0 Å². The first-order valence-electron chi connectivity index (χ1n) is 9.76. The molecule has 2 heterocycles. The number of nitrogens with zero attached hydrogens (tertiary/aromatic N) is 2. The Morgan fingerprint density at radius 2 is 2.25 bits per heavy atom. The number of nitrogens with one attached hydrogen (secondary N) is 1. The first kappa shape index (κ1) is 18.9. The Bertz CT molecular complexity index is 1050. The number of carbonyl (C=O) groups excluding carboxylic acids is 2. The van der Waals surface area contributed by atoms with Crippen LogP contribution in [0.3, 0.4) is 0 Å². The second-order valence-corrected chi connectivity index (χ2v) is 8.93. The summed E-state index contributed by atoms with van der Waals surface area (Å²) in [5, 5.41) is 7.49. The van der Waals surface area contributed by atoms with E-state index >= 15 is 0 Å². The Kier molecular flexibility index (Phi) is 5.06. The summed E-state index contributed by atoms with van der Waals surface area (Å²) in [6.45, 7) is 6.60. The van der Waals surface area contributed by atoms with E-state index in [2.05, 4.69) is 20.2 Å². The van der Waals surface area contributed by atoms with Crippen LogP contribution in [0.5, 0.6) is 0 Å². The molecule has 0 saturated carbocycles. The summed E-state index contributed by atoms with van der Waals surface area (Å²) in [4.78, 5) is 28.1. The standard InChI is InChI=1S/C22H25N3O2S/c1-13(2)22(27)24-16-5-7-21-19(9-16)18-8-15(11-26)4-6-20(18)25(21)10-17-12-28-14(3)23-17/h4,6,8,11-13,16H,5,7,9-10H2,1-3H3,(H,24,27). The van der Waals surface area contributed by atoms with Crippen LogP contribution in [0.15, 0.2) is 23.6 Å². The molecule has 0 radical (unpaired) electrons. The molecule has 146 valence electrons. The number of hydrogen-bond acceptors (Lipinski definition) is 4. The molecular weight excluding hydrogens is 370 g/mol. The van der Waals surface area contributed by atoms with E-state index in [0.717, 1.165) is 53.7 Å². The first-order valence-corrected chi connectivity index (χ1v) is 10.6. The van der Waals surface area contributed by atoms with Gasteiger partial charge in [-0.1, -0.05) is 13.8 Å². The van der Waals surface area contributed by atoms with E-state index in [4.69, 9.17) is 0 Å². The van der Waals surface area contributed by atoms with Gasteiger partial charge in [0.25, 0.3) is 0 Å². The highest BCUT2D eigenvalue weighted by Gasteiger charge is 2.27. The fraction of sp³-hybridized carbons (Fsp3) is 0.409. The summed E-state index contributed by atoms with van der Waals surface area (Å²) in [5.41, 5.74) is 5.45. The first-order chi connectivity index (χ1) is 13.5. The Morgan fingerprint density at radius 3 is 2.93 bits per heavy atom. The van der Waals surface area contributed by atoms with Crippen molar-refractivity contribution in [1.82, 2.24) is 14.9 Å². The molecule has 1 aliphatic rings. The van der Waals surface area contributed by atoms with Crippen LogP contribution >= 0.6 is 11.3 Å². The van der Waals surface area contributed by atoms with Crippen molar-refractivity contribution in [2.45, 2.75) is 52.6 Å². The number of carbonyl (C=O) groups is 2. The van der Waals surface area contributed by atoms with E-state index in [1.54, 1.807) is 11.3 Å². The van der Waals surface area contributed by atoms with E-state index in [0.29, 0.717) is 5.56 Å². The third-order valence-electron chi connectivity index (χ3n) is 5.48. The molecule has 0 fully saturated rings. The summed E-state index contributed by atoms with van der Waals surface area (Å²) in [6.07, 6.45) is 3.54. The van der Waals surface area contributed by atoms with Gasteiger partial charge >= 0.3 is 0 Å². The Labute approximate surface area is 168 Å². The van der Waals surface area contributed by atoms with E-state index in [-0.39, 0.29) is 17.9 Å². The number of aryl methyl sites for hydroxylation is 1. The van der Waals surface area contributed by atoms with Gasteiger partial charge in [-0.3, -0.25) is 9.59 Å². The lowest BCUT2D eigenvalue weighted by Gasteiger charge is -2.25. The van der Waals surface area contributed by atoms with Gasteiger partial charge in [0.2, 0.25) is 5.91 Å². The SMILES string of the molecule is Cc1nc(Cn2c3c(c4cc(C=O)ccc42)CC(NC(=O)C(C)C)CC3)cs1. The van der Waals surface area contributed by atoms with Crippen LogP contribution in [-0.2, 0) is 24.2 Å². The lowest BCUT2D eigenvalue weighted by Crippen LogP contribution is -2.41. The molecule has 5 nitrogen and oxygen atoms in total. The molecule has 0 saturated heterocycles. The van der Waals surface area contributed by atoms with Gasteiger partial charge < -0.3 is 9.88 Å². The van der Waals surface area contributed by atoms with Crippen LogP contribution in [0, 0.1) is 12.8 Å². The van der Waals surface area contributed by atoms with Gasteiger partial charge in [-0.15, -0.1) is 11.3 Å². The number of aldehydes is 1. The molecule has 0 bridgehead atoms. The highest BCUT2D eigenvalue weighted by atomic mass is 32.1. The maximum atomic E-state index is 12.2. The van der Waals surface area contributed by atoms with Gasteiger partial charge in [0, 0.05) is 39.5 Å². The molecule has 3 aromatic rings. The Balaban J connectivity index is 1.75. The molecule has 1 atom stereocenters. The Hall–Kier alpha value is -2.47. The number of benzene rings is 1. The van der Waals surface area contributed by atoms with Crippen molar-refractivity contribution in [2.24, 2.45) is 5.92 Å². The van der Waals surface area contributed by atoms with Crippen LogP contribution in [0.1, 0.15) is 52.6 Å². The lowest BCUT2D eigenvalue weighted by molar-refractivity contribution is -0.124. The number of aromatic nitrogens is 2. The van der Waals surface area contributed by atoms with Crippen molar-refractivity contribution in [3.63, 3.8) is 0 Å². The van der Waals surface area contributed by atoms with Gasteiger partial charge in [-0.05, 0) is 49.9 Å². The fourth-order valence-corrected chi connectivity index (χ4v) is 4.66. The molecule has 1 N–H and O–H groups in total. The molecule has 2 aromatic heterocycles. The van der Waals surface area contributed by atoms with Crippen molar-refractivity contribution >= 4 is 34.4 Å². The van der Waals surface area contributed by atoms with Gasteiger partial charge in [-0.2, -0.15) is 0 Å². The minimum atomic E-state index is -0.0164. The zero-order valence-corrected chi connectivity index (χ0v) is 17.3. The average molecular weight is 396 g/mol. The van der Waals surface area contributed by atoms with Crippen LogP contribution in [0.2, 0.25) is 0 Å². The molecule has 28 heavy (non-hydrogen) atoms. The fourth-order valence-electron chi connectivity index (χ4n) is 4.06. The van der Waals surface area contributed by atoms with Crippen molar-refractivity contribution in [3.05, 3.63) is 51.1 Å². The van der Waals surface area contributed by atoms with Gasteiger partial charge in [-0.25, -0.2) is 4.98 Å². The number of thiazole rings is 1. The maximum Gasteiger partial charge on any atom is 0.222 e.